The molecule has 0 aromatic carbocycles. The minimum absolute atomic E-state index is 0.0384. The molecule has 0 rings (SSSR count). The van der Waals surface area contributed by atoms with E-state index in [1.54, 1.807) is 0 Å². The van der Waals surface area contributed by atoms with Gasteiger partial charge in [-0.05, 0) is 19.3 Å². The standard InChI is InChI=1S/C16H29N7O8/c17-6-11(25)21-10(7-24)14(29)22-8(3-4-12(26)27)13(28)23-9(15(30)31)2-1-5-20-16(18)19/h8-10,24H,1-7,17H2,(H,21,25)(H,22,29)(H,23,28)(H,26,27)(H,30,31)(H4,18,19,20). The first-order chi connectivity index (χ1) is 14.5. The zero-order chi connectivity index (χ0) is 24.0. The van der Waals surface area contributed by atoms with Crippen molar-refractivity contribution in [2.75, 3.05) is 19.7 Å². The Morgan fingerprint density at radius 1 is 0.871 bits per heavy atom. The summed E-state index contributed by atoms with van der Waals surface area (Å²) >= 11 is 0. The number of carbonyl (C=O) groups is 5. The Morgan fingerprint density at radius 2 is 1.45 bits per heavy atom. The minimum Gasteiger partial charge on any atom is -0.481 e. The van der Waals surface area contributed by atoms with Crippen LogP contribution in [0.25, 0.3) is 0 Å². The zero-order valence-corrected chi connectivity index (χ0v) is 16.7. The lowest BCUT2D eigenvalue weighted by Gasteiger charge is -2.23. The molecular weight excluding hydrogens is 418 g/mol. The number of nitrogens with two attached hydrogens (primary N) is 3. The number of hydrogen-bond donors (Lipinski definition) is 9. The quantitative estimate of drug-likeness (QED) is 0.0654. The number of aliphatic hydroxyl groups is 1. The molecule has 3 atom stereocenters. The molecule has 0 bridgehead atoms. The second-order valence-electron chi connectivity index (χ2n) is 6.35. The third kappa shape index (κ3) is 12.0. The molecule has 3 unspecified atom stereocenters. The lowest BCUT2D eigenvalue weighted by molar-refractivity contribution is -0.143. The number of nitrogens with zero attached hydrogens (tertiary/aromatic N) is 1. The van der Waals surface area contributed by atoms with Crippen LogP contribution in [0.4, 0.5) is 0 Å². The SMILES string of the molecule is NCC(=O)NC(CO)C(=O)NC(CCC(=O)O)C(=O)NC(CCCN=C(N)N)C(=O)O. The first kappa shape index (κ1) is 27.5. The number of hydrogen-bond acceptors (Lipinski definition) is 8. The second kappa shape index (κ2) is 14.5. The van der Waals surface area contributed by atoms with Crippen molar-refractivity contribution >= 4 is 35.6 Å². The highest BCUT2D eigenvalue weighted by Crippen LogP contribution is 2.04. The highest BCUT2D eigenvalue weighted by Gasteiger charge is 2.29. The van der Waals surface area contributed by atoms with Crippen molar-refractivity contribution in [1.29, 1.82) is 0 Å². The first-order valence-electron chi connectivity index (χ1n) is 9.22. The number of rotatable bonds is 15. The molecule has 15 nitrogen and oxygen atoms in total. The molecule has 0 fully saturated rings. The van der Waals surface area contributed by atoms with E-state index in [4.69, 9.17) is 22.3 Å². The van der Waals surface area contributed by atoms with Crippen LogP contribution in [0.5, 0.6) is 0 Å². The summed E-state index contributed by atoms with van der Waals surface area (Å²) in [6, 6.07) is -4.23. The smallest absolute Gasteiger partial charge is 0.326 e. The van der Waals surface area contributed by atoms with E-state index in [-0.39, 0.29) is 31.8 Å². The van der Waals surface area contributed by atoms with Crippen molar-refractivity contribution in [2.24, 2.45) is 22.2 Å². The van der Waals surface area contributed by atoms with E-state index < -0.39 is 67.4 Å². The Hall–Kier alpha value is -3.46. The first-order valence-corrected chi connectivity index (χ1v) is 9.22. The van der Waals surface area contributed by atoms with Crippen molar-refractivity contribution < 1.29 is 39.3 Å². The summed E-state index contributed by atoms with van der Waals surface area (Å²) in [5.41, 5.74) is 15.5. The molecule has 0 spiro atoms. The summed E-state index contributed by atoms with van der Waals surface area (Å²) in [5.74, 6) is -5.46. The maximum absolute atomic E-state index is 12.5. The molecule has 0 aliphatic rings. The van der Waals surface area contributed by atoms with Crippen molar-refractivity contribution in [2.45, 2.75) is 43.8 Å². The Labute approximate surface area is 177 Å². The van der Waals surface area contributed by atoms with Crippen molar-refractivity contribution in [3.05, 3.63) is 0 Å². The van der Waals surface area contributed by atoms with Gasteiger partial charge >= 0.3 is 11.9 Å². The summed E-state index contributed by atoms with van der Waals surface area (Å²) < 4.78 is 0. The van der Waals surface area contributed by atoms with Gasteiger partial charge in [0.15, 0.2) is 5.96 Å². The van der Waals surface area contributed by atoms with Crippen molar-refractivity contribution in [1.82, 2.24) is 16.0 Å². The van der Waals surface area contributed by atoms with Crippen molar-refractivity contribution in [3.8, 4) is 0 Å². The molecule has 0 aromatic rings. The van der Waals surface area contributed by atoms with E-state index in [2.05, 4.69) is 20.9 Å². The van der Waals surface area contributed by atoms with Gasteiger partial charge in [0, 0.05) is 13.0 Å². The number of aliphatic carboxylic acids is 2. The fourth-order valence-electron chi connectivity index (χ4n) is 2.29. The lowest BCUT2D eigenvalue weighted by atomic mass is 10.1. The van der Waals surface area contributed by atoms with Gasteiger partial charge in [-0.25, -0.2) is 4.79 Å². The average Bonchev–Trinajstić information content (AvgIpc) is 2.70. The second-order valence-corrected chi connectivity index (χ2v) is 6.35. The molecule has 0 aliphatic carbocycles. The van der Waals surface area contributed by atoms with Crippen LogP contribution >= 0.6 is 0 Å². The van der Waals surface area contributed by atoms with Gasteiger partial charge in [-0.2, -0.15) is 0 Å². The Bertz CT molecular complexity index is 681. The minimum atomic E-state index is -1.44. The molecule has 15 heteroatoms. The van der Waals surface area contributed by atoms with E-state index in [9.17, 15) is 34.2 Å². The number of carboxylic acid groups (broad SMARTS) is 2. The summed E-state index contributed by atoms with van der Waals surface area (Å²) in [4.78, 5) is 62.1. The molecule has 0 saturated carbocycles. The number of aliphatic hydroxyl groups excluding tert-OH is 1. The molecule has 0 aromatic heterocycles. The molecule has 0 radical (unpaired) electrons. The van der Waals surface area contributed by atoms with E-state index >= 15 is 0 Å². The van der Waals surface area contributed by atoms with Crippen molar-refractivity contribution in [3.63, 3.8) is 0 Å². The Balaban J connectivity index is 5.21. The molecule has 176 valence electrons. The van der Waals surface area contributed by atoms with Gasteiger partial charge in [0.05, 0.1) is 13.2 Å². The van der Waals surface area contributed by atoms with Crippen LogP contribution in [0.15, 0.2) is 4.99 Å². The van der Waals surface area contributed by atoms with Gasteiger partial charge in [0.25, 0.3) is 0 Å². The number of aliphatic imine (C=N–C) groups is 1. The topological polar surface area (TPSA) is 273 Å². The van der Waals surface area contributed by atoms with Crippen LogP contribution in [-0.4, -0.2) is 88.8 Å². The number of carboxylic acids is 2. The van der Waals surface area contributed by atoms with Gasteiger partial charge in [0.2, 0.25) is 17.7 Å². The van der Waals surface area contributed by atoms with Crippen LogP contribution < -0.4 is 33.2 Å². The fraction of sp³-hybridized carbons (Fsp3) is 0.625. The normalized spacial score (nSPS) is 13.2. The van der Waals surface area contributed by atoms with Crippen LogP contribution in [0.1, 0.15) is 25.7 Å². The highest BCUT2D eigenvalue weighted by atomic mass is 16.4. The predicted molar refractivity (Wildman–Crippen MR) is 106 cm³/mol. The number of amides is 3. The molecule has 0 heterocycles. The third-order valence-corrected chi connectivity index (χ3v) is 3.86. The van der Waals surface area contributed by atoms with Crippen LogP contribution in [0.3, 0.4) is 0 Å². The van der Waals surface area contributed by atoms with Crippen LogP contribution in [0, 0.1) is 0 Å². The monoisotopic (exact) mass is 447 g/mol. The molecule has 0 saturated heterocycles. The molecular formula is C16H29N7O8. The summed E-state index contributed by atoms with van der Waals surface area (Å²) in [5, 5.41) is 34.0. The zero-order valence-electron chi connectivity index (χ0n) is 16.7. The molecule has 3 amide bonds. The largest absolute Gasteiger partial charge is 0.481 e. The van der Waals surface area contributed by atoms with E-state index in [0.717, 1.165) is 0 Å². The maximum atomic E-state index is 12.5. The van der Waals surface area contributed by atoms with Gasteiger partial charge in [-0.15, -0.1) is 0 Å². The maximum Gasteiger partial charge on any atom is 0.326 e. The highest BCUT2D eigenvalue weighted by molar-refractivity contribution is 5.93. The third-order valence-electron chi connectivity index (χ3n) is 3.86. The number of carbonyl (C=O) groups excluding carboxylic acids is 3. The fourth-order valence-corrected chi connectivity index (χ4v) is 2.29. The Kier molecular flexibility index (Phi) is 12.9. The summed E-state index contributed by atoms with van der Waals surface area (Å²) in [6.07, 6.45) is -0.696. The van der Waals surface area contributed by atoms with Gasteiger partial charge < -0.3 is 48.5 Å². The predicted octanol–water partition coefficient (Wildman–Crippen LogP) is -4.61. The van der Waals surface area contributed by atoms with E-state index in [0.29, 0.717) is 0 Å². The summed E-state index contributed by atoms with van der Waals surface area (Å²) in [7, 11) is 0. The van der Waals surface area contributed by atoms with Gasteiger partial charge in [-0.1, -0.05) is 0 Å². The van der Waals surface area contributed by atoms with Crippen LogP contribution in [0.2, 0.25) is 0 Å². The molecule has 31 heavy (non-hydrogen) atoms. The van der Waals surface area contributed by atoms with E-state index in [1.807, 2.05) is 0 Å². The summed E-state index contributed by atoms with van der Waals surface area (Å²) in [6.45, 7) is -1.14. The Morgan fingerprint density at radius 3 is 1.94 bits per heavy atom. The lowest BCUT2D eigenvalue weighted by Crippen LogP contribution is -2.57. The van der Waals surface area contributed by atoms with E-state index in [1.165, 1.54) is 0 Å². The number of guanidine groups is 1. The average molecular weight is 447 g/mol. The van der Waals surface area contributed by atoms with Gasteiger partial charge in [-0.3, -0.25) is 24.2 Å². The molecule has 0 aliphatic heterocycles. The molecule has 12 N–H and O–H groups in total. The van der Waals surface area contributed by atoms with Gasteiger partial charge in [0.1, 0.15) is 18.1 Å². The number of nitrogens with one attached hydrogen (secondary N) is 3. The van der Waals surface area contributed by atoms with Crippen LogP contribution in [-0.2, 0) is 24.0 Å².